The number of ether oxygens (including phenoxy) is 1. The van der Waals surface area contributed by atoms with E-state index in [1.807, 2.05) is 0 Å². The molecule has 6 nitrogen and oxygen atoms in total. The number of aryl methyl sites for hydroxylation is 1. The van der Waals surface area contributed by atoms with E-state index >= 15 is 0 Å². The summed E-state index contributed by atoms with van der Waals surface area (Å²) in [6.45, 7) is 0.568. The van der Waals surface area contributed by atoms with Crippen molar-refractivity contribution in [3.05, 3.63) is 48.0 Å². The number of likely N-dealkylation sites (N-methyl/N-ethyl adjacent to an activating group) is 2. The van der Waals surface area contributed by atoms with E-state index in [-0.39, 0.29) is 18.3 Å². The third kappa shape index (κ3) is 4.29. The lowest BCUT2D eigenvalue weighted by Gasteiger charge is -2.23. The zero-order valence-corrected chi connectivity index (χ0v) is 13.5. The first-order chi connectivity index (χ1) is 11.0. The maximum absolute atomic E-state index is 13.5. The highest BCUT2D eigenvalue weighted by Gasteiger charge is 2.23. The predicted molar refractivity (Wildman–Crippen MR) is 84.5 cm³/mol. The summed E-state index contributed by atoms with van der Waals surface area (Å²) in [5, 5.41) is 7.06. The van der Waals surface area contributed by atoms with Gasteiger partial charge in [-0.25, -0.2) is 4.39 Å². The molecule has 0 fully saturated rings. The van der Waals surface area contributed by atoms with Gasteiger partial charge in [-0.2, -0.15) is 5.10 Å². The number of halogens is 1. The van der Waals surface area contributed by atoms with Gasteiger partial charge in [-0.1, -0.05) is 12.1 Å². The maximum Gasteiger partial charge on any atom is 0.244 e. The minimum Gasteiger partial charge on any atom is -0.489 e. The van der Waals surface area contributed by atoms with Crippen LogP contribution in [0.3, 0.4) is 0 Å². The second-order valence-corrected chi connectivity index (χ2v) is 5.21. The second-order valence-electron chi connectivity index (χ2n) is 5.21. The number of hydrogen-bond donors (Lipinski definition) is 1. The lowest BCUT2D eigenvalue weighted by molar-refractivity contribution is -0.132. The molecule has 2 rings (SSSR count). The van der Waals surface area contributed by atoms with Crippen molar-refractivity contribution in [2.75, 3.05) is 27.2 Å². The van der Waals surface area contributed by atoms with Crippen LogP contribution in [0.5, 0.6) is 5.75 Å². The lowest BCUT2D eigenvalue weighted by Crippen LogP contribution is -2.39. The third-order valence-corrected chi connectivity index (χ3v) is 3.49. The number of para-hydroxylation sites is 1. The lowest BCUT2D eigenvalue weighted by atomic mass is 10.1. The Hall–Kier alpha value is -2.41. The molecule has 1 N–H and O–H groups in total. The molecule has 0 spiro atoms. The molecule has 0 aliphatic rings. The minimum absolute atomic E-state index is 0.0994. The van der Waals surface area contributed by atoms with E-state index in [1.54, 1.807) is 61.3 Å². The predicted octanol–water partition coefficient (Wildman–Crippen LogP) is 1.36. The Morgan fingerprint density at radius 1 is 1.48 bits per heavy atom. The largest absolute Gasteiger partial charge is 0.489 e. The fourth-order valence-electron chi connectivity index (χ4n) is 2.21. The van der Waals surface area contributed by atoms with Gasteiger partial charge in [0.05, 0.1) is 12.7 Å². The van der Waals surface area contributed by atoms with Crippen LogP contribution in [-0.2, 0) is 11.8 Å². The van der Waals surface area contributed by atoms with Crippen molar-refractivity contribution in [1.82, 2.24) is 20.0 Å². The van der Waals surface area contributed by atoms with Gasteiger partial charge in [-0.15, -0.1) is 0 Å². The van der Waals surface area contributed by atoms with Crippen LogP contribution in [0.2, 0.25) is 0 Å². The molecule has 2 aromatic rings. The van der Waals surface area contributed by atoms with Crippen molar-refractivity contribution >= 4 is 5.91 Å². The Bertz CT molecular complexity index is 659. The molecule has 1 heterocycles. The molecule has 0 bridgehead atoms. The number of rotatable bonds is 7. The Kier molecular flexibility index (Phi) is 5.70. The summed E-state index contributed by atoms with van der Waals surface area (Å²) in [7, 11) is 5.21. The number of amides is 1. The standard InChI is InChI=1S/C16H21FN4O2/c1-18-15(12-10-19-21(3)11-12)16(22)20(2)8-9-23-14-7-5-4-6-13(14)17/h4-7,10-11,15,18H,8-9H2,1-3H3. The van der Waals surface area contributed by atoms with Crippen molar-refractivity contribution < 1.29 is 13.9 Å². The highest BCUT2D eigenvalue weighted by atomic mass is 19.1. The summed E-state index contributed by atoms with van der Waals surface area (Å²) in [5.41, 5.74) is 0.793. The van der Waals surface area contributed by atoms with Crippen LogP contribution in [0.1, 0.15) is 11.6 Å². The molecule has 7 heteroatoms. The Labute approximate surface area is 134 Å². The van der Waals surface area contributed by atoms with Crippen LogP contribution in [0.4, 0.5) is 4.39 Å². The molecule has 1 atom stereocenters. The smallest absolute Gasteiger partial charge is 0.244 e. The average molecular weight is 320 g/mol. The van der Waals surface area contributed by atoms with E-state index in [2.05, 4.69) is 10.4 Å². The molecule has 1 aromatic heterocycles. The van der Waals surface area contributed by atoms with Gasteiger partial charge in [-0.05, 0) is 19.2 Å². The fourth-order valence-corrected chi connectivity index (χ4v) is 2.21. The molecular weight excluding hydrogens is 299 g/mol. The SMILES string of the molecule is CNC(C(=O)N(C)CCOc1ccccc1F)c1cnn(C)c1. The van der Waals surface area contributed by atoms with Crippen LogP contribution < -0.4 is 10.1 Å². The van der Waals surface area contributed by atoms with Crippen LogP contribution in [-0.4, -0.2) is 47.8 Å². The molecular formula is C16H21FN4O2. The van der Waals surface area contributed by atoms with E-state index in [0.29, 0.717) is 6.54 Å². The summed E-state index contributed by atoms with van der Waals surface area (Å²) in [4.78, 5) is 14.0. The molecule has 1 amide bonds. The number of carbonyl (C=O) groups excluding carboxylic acids is 1. The highest BCUT2D eigenvalue weighted by Crippen LogP contribution is 2.16. The number of hydrogen-bond acceptors (Lipinski definition) is 4. The van der Waals surface area contributed by atoms with Gasteiger partial charge in [0, 0.05) is 25.9 Å². The Morgan fingerprint density at radius 3 is 2.83 bits per heavy atom. The van der Waals surface area contributed by atoms with Crippen molar-refractivity contribution in [3.63, 3.8) is 0 Å². The summed E-state index contributed by atoms with van der Waals surface area (Å²) >= 11 is 0. The zero-order chi connectivity index (χ0) is 16.8. The van der Waals surface area contributed by atoms with Crippen molar-refractivity contribution in [3.8, 4) is 5.75 Å². The molecule has 124 valence electrons. The first-order valence-electron chi connectivity index (χ1n) is 7.31. The molecule has 0 aliphatic heterocycles. The summed E-state index contributed by atoms with van der Waals surface area (Å²) in [5.74, 6) is -0.326. The van der Waals surface area contributed by atoms with Crippen LogP contribution >= 0.6 is 0 Å². The summed E-state index contributed by atoms with van der Waals surface area (Å²) < 4.78 is 20.5. The van der Waals surface area contributed by atoms with Gasteiger partial charge in [-0.3, -0.25) is 9.48 Å². The van der Waals surface area contributed by atoms with E-state index < -0.39 is 11.9 Å². The normalized spacial score (nSPS) is 12.0. The molecule has 0 saturated carbocycles. The maximum atomic E-state index is 13.5. The van der Waals surface area contributed by atoms with E-state index in [1.165, 1.54) is 6.07 Å². The molecule has 0 aliphatic carbocycles. The number of carbonyl (C=O) groups is 1. The summed E-state index contributed by atoms with van der Waals surface area (Å²) in [6, 6.07) is 5.73. The van der Waals surface area contributed by atoms with Gasteiger partial charge in [0.25, 0.3) is 0 Å². The first-order valence-corrected chi connectivity index (χ1v) is 7.31. The van der Waals surface area contributed by atoms with E-state index in [9.17, 15) is 9.18 Å². The molecule has 23 heavy (non-hydrogen) atoms. The van der Waals surface area contributed by atoms with Gasteiger partial charge in [0.2, 0.25) is 5.91 Å². The van der Waals surface area contributed by atoms with Crippen LogP contribution in [0.15, 0.2) is 36.7 Å². The molecule has 0 radical (unpaired) electrons. The monoisotopic (exact) mass is 320 g/mol. The number of aromatic nitrogens is 2. The van der Waals surface area contributed by atoms with Crippen molar-refractivity contribution in [2.24, 2.45) is 7.05 Å². The van der Waals surface area contributed by atoms with Gasteiger partial charge >= 0.3 is 0 Å². The second kappa shape index (κ2) is 7.73. The van der Waals surface area contributed by atoms with Crippen molar-refractivity contribution in [1.29, 1.82) is 0 Å². The average Bonchev–Trinajstić information content (AvgIpc) is 2.96. The fraction of sp³-hybridized carbons (Fsp3) is 0.375. The van der Waals surface area contributed by atoms with E-state index in [4.69, 9.17) is 4.74 Å². The number of nitrogens with one attached hydrogen (secondary N) is 1. The number of nitrogens with zero attached hydrogens (tertiary/aromatic N) is 3. The first kappa shape index (κ1) is 17.0. The van der Waals surface area contributed by atoms with Crippen LogP contribution in [0, 0.1) is 5.82 Å². The third-order valence-electron chi connectivity index (χ3n) is 3.49. The van der Waals surface area contributed by atoms with Gasteiger partial charge in [0.1, 0.15) is 12.6 Å². The Morgan fingerprint density at radius 2 is 2.22 bits per heavy atom. The van der Waals surface area contributed by atoms with E-state index in [0.717, 1.165) is 5.56 Å². The number of benzene rings is 1. The highest BCUT2D eigenvalue weighted by molar-refractivity contribution is 5.82. The Balaban J connectivity index is 1.90. The topological polar surface area (TPSA) is 59.4 Å². The molecule has 1 unspecified atom stereocenters. The quantitative estimate of drug-likeness (QED) is 0.837. The van der Waals surface area contributed by atoms with Crippen LogP contribution in [0.25, 0.3) is 0 Å². The van der Waals surface area contributed by atoms with Gasteiger partial charge in [0.15, 0.2) is 11.6 Å². The van der Waals surface area contributed by atoms with Crippen molar-refractivity contribution in [2.45, 2.75) is 6.04 Å². The molecule has 0 saturated heterocycles. The zero-order valence-electron chi connectivity index (χ0n) is 13.5. The minimum atomic E-state index is -0.470. The summed E-state index contributed by atoms with van der Waals surface area (Å²) in [6.07, 6.45) is 3.45. The molecule has 1 aromatic carbocycles. The van der Waals surface area contributed by atoms with Gasteiger partial charge < -0.3 is 15.0 Å².